The van der Waals surface area contributed by atoms with E-state index >= 15 is 0 Å². The Morgan fingerprint density at radius 1 is 0.810 bits per heavy atom. The average molecular weight is 777 g/mol. The van der Waals surface area contributed by atoms with Gasteiger partial charge in [-0.1, -0.05) is 97.9 Å². The van der Waals surface area contributed by atoms with Crippen LogP contribution in [-0.4, -0.2) is 57.0 Å². The molecule has 7 rings (SSSR count). The van der Waals surface area contributed by atoms with Crippen LogP contribution < -0.4 is 20.4 Å². The number of pyridine rings is 2. The van der Waals surface area contributed by atoms with Crippen molar-refractivity contribution in [1.29, 1.82) is 0 Å². The Hall–Kier alpha value is -6.49. The van der Waals surface area contributed by atoms with Gasteiger partial charge in [-0.25, -0.2) is 19.4 Å². The molecule has 0 atom stereocenters. The van der Waals surface area contributed by atoms with E-state index in [1.165, 1.54) is 4.90 Å². The zero-order chi connectivity index (χ0) is 40.7. The first-order chi connectivity index (χ1) is 28.0. The van der Waals surface area contributed by atoms with Crippen molar-refractivity contribution in [2.75, 3.05) is 40.1 Å². The normalized spacial score (nSPS) is 13.5. The van der Waals surface area contributed by atoms with Crippen molar-refractivity contribution in [3.8, 4) is 0 Å². The van der Waals surface area contributed by atoms with E-state index in [-0.39, 0.29) is 12.5 Å². The minimum Gasteiger partial charge on any atom is -0.447 e. The molecular weight excluding hydrogens is 725 g/mol. The second kappa shape index (κ2) is 17.3. The molecule has 298 valence electrons. The number of rotatable bonds is 12. The molecule has 3 aromatic heterocycles. The van der Waals surface area contributed by atoms with Crippen LogP contribution >= 0.6 is 0 Å². The summed E-state index contributed by atoms with van der Waals surface area (Å²) in [4.78, 5) is 40.5. The number of hydrogen-bond acceptors (Lipinski definition) is 8. The van der Waals surface area contributed by atoms with Gasteiger partial charge in [-0.2, -0.15) is 5.10 Å². The van der Waals surface area contributed by atoms with Gasteiger partial charge in [0.25, 0.3) is 5.91 Å². The number of piperidine rings is 1. The number of nitrogens with zero attached hydrogens (tertiary/aromatic N) is 6. The third kappa shape index (κ3) is 8.73. The molecule has 11 nitrogen and oxygen atoms in total. The van der Waals surface area contributed by atoms with Gasteiger partial charge in [0, 0.05) is 30.4 Å². The molecule has 58 heavy (non-hydrogen) atoms. The van der Waals surface area contributed by atoms with Crippen molar-refractivity contribution in [2.24, 2.45) is 5.92 Å². The monoisotopic (exact) mass is 776 g/mol. The number of ether oxygens (including phenoxy) is 1. The second-order valence-electron chi connectivity index (χ2n) is 15.9. The summed E-state index contributed by atoms with van der Waals surface area (Å²) in [7, 11) is 0. The zero-order valence-electron chi connectivity index (χ0n) is 33.9. The number of benzene rings is 3. The summed E-state index contributed by atoms with van der Waals surface area (Å²) in [6.45, 7) is 12.1. The number of amides is 2. The van der Waals surface area contributed by atoms with Crippen molar-refractivity contribution in [3.63, 3.8) is 0 Å². The lowest BCUT2D eigenvalue weighted by atomic mass is 9.77. The van der Waals surface area contributed by atoms with Crippen LogP contribution in [0.4, 0.5) is 27.9 Å². The molecule has 1 aliphatic rings. The quantitative estimate of drug-likeness (QED) is 0.118. The molecule has 0 bridgehead atoms. The molecule has 1 saturated heterocycles. The standard InChI is InChI=1S/C47H52N8O3/c1-34-26-29-53(30-27-34)43-40(23-21-35(2)50-43)44(56)51-39-22-24-41(48-33-39)55(46(3,4)5)45(57)58-32-31-54-42(25-28-49-54)52-47(36-15-9-6-10-16-36,37-17-11-7-12-18-37)38-19-13-8-14-20-38/h6-25,28,33-34,52H,26-27,29-32H2,1-5H3,(H,51,56). The Labute approximate surface area is 341 Å². The van der Waals surface area contributed by atoms with Crippen LogP contribution in [0.15, 0.2) is 134 Å². The predicted octanol–water partition coefficient (Wildman–Crippen LogP) is 9.32. The molecule has 6 aromatic rings. The highest BCUT2D eigenvalue weighted by atomic mass is 16.6. The van der Waals surface area contributed by atoms with E-state index in [4.69, 9.17) is 9.72 Å². The summed E-state index contributed by atoms with van der Waals surface area (Å²) < 4.78 is 7.73. The van der Waals surface area contributed by atoms with Crippen molar-refractivity contribution < 1.29 is 14.3 Å². The lowest BCUT2D eigenvalue weighted by Crippen LogP contribution is -2.47. The highest BCUT2D eigenvalue weighted by Crippen LogP contribution is 2.40. The van der Waals surface area contributed by atoms with E-state index in [0.29, 0.717) is 35.3 Å². The first kappa shape index (κ1) is 39.7. The van der Waals surface area contributed by atoms with Crippen molar-refractivity contribution >= 4 is 35.1 Å². The molecule has 2 amide bonds. The number of carbonyl (C=O) groups excluding carboxylic acids is 2. The van der Waals surface area contributed by atoms with E-state index in [1.807, 2.05) is 105 Å². The number of aryl methyl sites for hydroxylation is 1. The lowest BCUT2D eigenvalue weighted by molar-refractivity contribution is 0.102. The van der Waals surface area contributed by atoms with Crippen molar-refractivity contribution in [2.45, 2.75) is 65.1 Å². The molecule has 4 heterocycles. The molecule has 0 spiro atoms. The molecule has 0 aliphatic carbocycles. The first-order valence-corrected chi connectivity index (χ1v) is 20.0. The highest BCUT2D eigenvalue weighted by molar-refractivity contribution is 6.07. The van der Waals surface area contributed by atoms with E-state index in [0.717, 1.165) is 54.1 Å². The predicted molar refractivity (Wildman–Crippen MR) is 230 cm³/mol. The van der Waals surface area contributed by atoms with Gasteiger partial charge in [-0.15, -0.1) is 0 Å². The maximum absolute atomic E-state index is 13.8. The first-order valence-electron chi connectivity index (χ1n) is 20.0. The minimum absolute atomic E-state index is 0.0633. The number of nitrogens with one attached hydrogen (secondary N) is 2. The summed E-state index contributed by atoms with van der Waals surface area (Å²) in [5.74, 6) is 2.26. The fraction of sp³-hybridized carbons (Fsp3) is 0.298. The third-order valence-corrected chi connectivity index (χ3v) is 10.6. The molecule has 1 fully saturated rings. The van der Waals surface area contributed by atoms with Gasteiger partial charge in [0.1, 0.15) is 29.6 Å². The van der Waals surface area contributed by atoms with E-state index < -0.39 is 17.2 Å². The van der Waals surface area contributed by atoms with Crippen LogP contribution in [0.25, 0.3) is 0 Å². The average Bonchev–Trinajstić information content (AvgIpc) is 3.67. The van der Waals surface area contributed by atoms with Crippen LogP contribution in [0.1, 0.15) is 73.3 Å². The maximum Gasteiger partial charge on any atom is 0.416 e. The van der Waals surface area contributed by atoms with E-state index in [2.05, 4.69) is 68.9 Å². The van der Waals surface area contributed by atoms with Gasteiger partial charge < -0.3 is 20.3 Å². The smallest absolute Gasteiger partial charge is 0.416 e. The molecule has 3 aromatic carbocycles. The molecule has 0 saturated carbocycles. The largest absolute Gasteiger partial charge is 0.447 e. The molecule has 11 heteroatoms. The Bertz CT molecular complexity index is 2190. The second-order valence-corrected chi connectivity index (χ2v) is 15.9. The number of anilines is 4. The van der Waals surface area contributed by atoms with Crippen LogP contribution in [0.2, 0.25) is 0 Å². The highest BCUT2D eigenvalue weighted by Gasteiger charge is 2.37. The lowest BCUT2D eigenvalue weighted by Gasteiger charge is -2.37. The van der Waals surface area contributed by atoms with Gasteiger partial charge in [-0.3, -0.25) is 9.69 Å². The zero-order valence-corrected chi connectivity index (χ0v) is 33.9. The number of aromatic nitrogens is 4. The summed E-state index contributed by atoms with van der Waals surface area (Å²) >= 11 is 0. The Balaban J connectivity index is 1.05. The van der Waals surface area contributed by atoms with E-state index in [9.17, 15) is 9.59 Å². The third-order valence-electron chi connectivity index (χ3n) is 10.6. The Morgan fingerprint density at radius 3 is 1.97 bits per heavy atom. The van der Waals surface area contributed by atoms with Gasteiger partial charge in [0.2, 0.25) is 0 Å². The summed E-state index contributed by atoms with van der Waals surface area (Å²) in [6, 6.07) is 40.1. The van der Waals surface area contributed by atoms with Crippen molar-refractivity contribution in [1.82, 2.24) is 19.7 Å². The minimum atomic E-state index is -0.746. The number of carbonyl (C=O) groups is 2. The van der Waals surface area contributed by atoms with Crippen LogP contribution in [0, 0.1) is 12.8 Å². The van der Waals surface area contributed by atoms with Crippen molar-refractivity contribution in [3.05, 3.63) is 162 Å². The van der Waals surface area contributed by atoms with Crippen LogP contribution in [0.3, 0.4) is 0 Å². The summed E-state index contributed by atoms with van der Waals surface area (Å²) in [6.07, 6.45) is 4.89. The molecule has 0 unspecified atom stereocenters. The van der Waals surface area contributed by atoms with Gasteiger partial charge in [0.15, 0.2) is 0 Å². The fourth-order valence-corrected chi connectivity index (χ4v) is 7.56. The number of hydrogen-bond donors (Lipinski definition) is 2. The van der Waals surface area contributed by atoms with Gasteiger partial charge in [0.05, 0.1) is 30.2 Å². The van der Waals surface area contributed by atoms with E-state index in [1.54, 1.807) is 24.5 Å². The van der Waals surface area contributed by atoms with Crippen LogP contribution in [0.5, 0.6) is 0 Å². The van der Waals surface area contributed by atoms with Crippen LogP contribution in [-0.2, 0) is 16.8 Å². The molecular formula is C47H52N8O3. The summed E-state index contributed by atoms with van der Waals surface area (Å²) in [5.41, 5.74) is 3.67. The Morgan fingerprint density at radius 2 is 1.41 bits per heavy atom. The fourth-order valence-electron chi connectivity index (χ4n) is 7.56. The topological polar surface area (TPSA) is 118 Å². The van der Waals surface area contributed by atoms with Gasteiger partial charge in [-0.05, 0) is 87.4 Å². The SMILES string of the molecule is Cc1ccc(C(=O)Nc2ccc(N(C(=O)OCCn3nccc3NC(c3ccccc3)(c3ccccc3)c3ccccc3)C(C)(C)C)nc2)c(N2CCC(C)CC2)n1. The molecule has 2 N–H and O–H groups in total. The molecule has 0 radical (unpaired) electrons. The van der Waals surface area contributed by atoms with Gasteiger partial charge >= 0.3 is 6.09 Å². The Kier molecular flexibility index (Phi) is 11.9. The summed E-state index contributed by atoms with van der Waals surface area (Å²) in [5, 5.41) is 11.5. The maximum atomic E-state index is 13.8. The molecule has 1 aliphatic heterocycles.